The van der Waals surface area contributed by atoms with Crippen molar-refractivity contribution < 1.29 is 23.9 Å². The van der Waals surface area contributed by atoms with Crippen molar-refractivity contribution in [2.45, 2.75) is 38.2 Å². The summed E-state index contributed by atoms with van der Waals surface area (Å²) in [4.78, 5) is 40.2. The first-order valence-corrected chi connectivity index (χ1v) is 10.6. The van der Waals surface area contributed by atoms with Crippen molar-refractivity contribution in [1.82, 2.24) is 9.80 Å². The van der Waals surface area contributed by atoms with Crippen molar-refractivity contribution in [3.05, 3.63) is 35.4 Å². The Bertz CT molecular complexity index is 837. The SMILES string of the molecule is CCOC(=O)CCCN1CC2(CCN(C(=O)c3ccc(C(=N)N)cc3)CC2)OCC1=O.Cl. The van der Waals surface area contributed by atoms with Gasteiger partial charge in [0.25, 0.3) is 5.91 Å². The van der Waals surface area contributed by atoms with E-state index in [1.807, 2.05) is 0 Å². The van der Waals surface area contributed by atoms with Crippen molar-refractivity contribution in [2.75, 3.05) is 39.4 Å². The van der Waals surface area contributed by atoms with Gasteiger partial charge in [-0.2, -0.15) is 0 Å². The summed E-state index contributed by atoms with van der Waals surface area (Å²) < 4.78 is 10.9. The second kappa shape index (κ2) is 11.3. The zero-order valence-corrected chi connectivity index (χ0v) is 19.1. The van der Waals surface area contributed by atoms with Crippen LogP contribution in [-0.4, -0.2) is 78.4 Å². The number of morpholine rings is 1. The number of halogens is 1. The first-order valence-electron chi connectivity index (χ1n) is 10.6. The topological polar surface area (TPSA) is 126 Å². The van der Waals surface area contributed by atoms with Gasteiger partial charge in [0.2, 0.25) is 5.91 Å². The number of carbonyl (C=O) groups is 3. The van der Waals surface area contributed by atoms with Crippen LogP contribution in [0.4, 0.5) is 0 Å². The number of carbonyl (C=O) groups excluding carboxylic acids is 3. The van der Waals surface area contributed by atoms with Gasteiger partial charge in [-0.15, -0.1) is 12.4 Å². The average Bonchev–Trinajstić information content (AvgIpc) is 2.77. The van der Waals surface area contributed by atoms with Crippen LogP contribution in [-0.2, 0) is 19.1 Å². The van der Waals surface area contributed by atoms with Crippen LogP contribution in [0, 0.1) is 5.41 Å². The first-order chi connectivity index (χ1) is 14.8. The van der Waals surface area contributed by atoms with Crippen molar-refractivity contribution in [3.63, 3.8) is 0 Å². The van der Waals surface area contributed by atoms with E-state index in [1.54, 1.807) is 41.0 Å². The molecule has 32 heavy (non-hydrogen) atoms. The van der Waals surface area contributed by atoms with Crippen LogP contribution >= 0.6 is 12.4 Å². The lowest BCUT2D eigenvalue weighted by Crippen LogP contribution is -2.59. The number of rotatable bonds is 7. The molecule has 0 atom stereocenters. The van der Waals surface area contributed by atoms with E-state index >= 15 is 0 Å². The van der Waals surface area contributed by atoms with E-state index in [0.29, 0.717) is 63.2 Å². The van der Waals surface area contributed by atoms with Gasteiger partial charge in [0.05, 0.1) is 12.2 Å². The second-order valence-electron chi connectivity index (χ2n) is 7.98. The first kappa shape index (κ1) is 25.6. The number of likely N-dealkylation sites (tertiary alicyclic amines) is 1. The minimum atomic E-state index is -0.451. The van der Waals surface area contributed by atoms with Gasteiger partial charge < -0.3 is 25.0 Å². The Morgan fingerprint density at radius 3 is 2.41 bits per heavy atom. The quantitative estimate of drug-likeness (QED) is 0.357. The van der Waals surface area contributed by atoms with E-state index in [9.17, 15) is 14.4 Å². The lowest BCUT2D eigenvalue weighted by Gasteiger charge is -2.47. The molecule has 2 amide bonds. The van der Waals surface area contributed by atoms with Gasteiger partial charge in [-0.25, -0.2) is 0 Å². The molecule has 176 valence electrons. The van der Waals surface area contributed by atoms with Crippen molar-refractivity contribution >= 4 is 36.0 Å². The lowest BCUT2D eigenvalue weighted by atomic mass is 9.88. The van der Waals surface area contributed by atoms with E-state index in [0.717, 1.165) is 0 Å². The molecular formula is C22H31ClN4O5. The monoisotopic (exact) mass is 466 g/mol. The van der Waals surface area contributed by atoms with Crippen LogP contribution < -0.4 is 5.73 Å². The van der Waals surface area contributed by atoms with Crippen LogP contribution in [0.1, 0.15) is 48.5 Å². The predicted octanol–water partition coefficient (Wildman–Crippen LogP) is 1.57. The Hall–Kier alpha value is -2.65. The molecule has 1 spiro atoms. The number of nitrogens with one attached hydrogen (secondary N) is 1. The molecule has 3 N–H and O–H groups in total. The standard InChI is InChI=1S/C22H30N4O5.ClH/c1-2-30-19(28)4-3-11-26-15-22(31-14-18(26)27)9-12-25(13-10-22)21(29)17-7-5-16(6-8-17)20(23)24;/h5-8H,2-4,9-15H2,1H3,(H3,23,24);1H. The Labute approximate surface area is 194 Å². The van der Waals surface area contributed by atoms with E-state index in [1.165, 1.54) is 0 Å². The van der Waals surface area contributed by atoms with Crippen molar-refractivity contribution in [3.8, 4) is 0 Å². The molecule has 2 heterocycles. The summed E-state index contributed by atoms with van der Waals surface area (Å²) in [6, 6.07) is 6.71. The molecule has 2 aliphatic heterocycles. The molecule has 2 fully saturated rings. The number of nitrogens with zero attached hydrogens (tertiary/aromatic N) is 2. The summed E-state index contributed by atoms with van der Waals surface area (Å²) in [5.74, 6) is -0.419. The maximum atomic E-state index is 12.8. The summed E-state index contributed by atoms with van der Waals surface area (Å²) in [7, 11) is 0. The number of esters is 1. The third kappa shape index (κ3) is 6.20. The van der Waals surface area contributed by atoms with Gasteiger partial charge >= 0.3 is 5.97 Å². The highest BCUT2D eigenvalue weighted by molar-refractivity contribution is 5.98. The van der Waals surface area contributed by atoms with Gasteiger partial charge in [-0.05, 0) is 38.3 Å². The number of nitrogen functional groups attached to an aromatic ring is 1. The largest absolute Gasteiger partial charge is 0.466 e. The Balaban J connectivity index is 0.00000363. The van der Waals surface area contributed by atoms with E-state index in [2.05, 4.69) is 0 Å². The number of nitrogens with two attached hydrogens (primary N) is 1. The van der Waals surface area contributed by atoms with Crippen molar-refractivity contribution in [1.29, 1.82) is 5.41 Å². The molecule has 2 aliphatic rings. The van der Waals surface area contributed by atoms with Gasteiger partial charge in [0, 0.05) is 43.7 Å². The molecule has 0 aromatic heterocycles. The molecule has 0 saturated carbocycles. The summed E-state index contributed by atoms with van der Waals surface area (Å²) >= 11 is 0. The number of ether oxygens (including phenoxy) is 2. The fourth-order valence-corrected chi connectivity index (χ4v) is 4.03. The third-order valence-electron chi connectivity index (χ3n) is 5.85. The molecular weight excluding hydrogens is 436 g/mol. The van der Waals surface area contributed by atoms with Crippen molar-refractivity contribution in [2.24, 2.45) is 5.73 Å². The molecule has 10 heteroatoms. The molecule has 9 nitrogen and oxygen atoms in total. The zero-order valence-electron chi connectivity index (χ0n) is 18.3. The number of amides is 2. The number of benzene rings is 1. The van der Waals surface area contributed by atoms with Crippen LogP contribution in [0.25, 0.3) is 0 Å². The molecule has 0 bridgehead atoms. The van der Waals surface area contributed by atoms with E-state index in [4.69, 9.17) is 20.6 Å². The maximum Gasteiger partial charge on any atom is 0.305 e. The van der Waals surface area contributed by atoms with Crippen LogP contribution in [0.2, 0.25) is 0 Å². The lowest BCUT2D eigenvalue weighted by molar-refractivity contribution is -0.170. The van der Waals surface area contributed by atoms with Crippen LogP contribution in [0.3, 0.4) is 0 Å². The predicted molar refractivity (Wildman–Crippen MR) is 121 cm³/mol. The maximum absolute atomic E-state index is 12.8. The molecule has 1 aromatic rings. The molecule has 3 rings (SSSR count). The zero-order chi connectivity index (χ0) is 22.4. The summed E-state index contributed by atoms with van der Waals surface area (Å²) in [6.07, 6.45) is 2.13. The number of hydrogen-bond acceptors (Lipinski definition) is 6. The minimum Gasteiger partial charge on any atom is -0.466 e. The summed E-state index contributed by atoms with van der Waals surface area (Å²) in [5.41, 5.74) is 6.15. The van der Waals surface area contributed by atoms with E-state index < -0.39 is 5.60 Å². The number of amidine groups is 1. The summed E-state index contributed by atoms with van der Waals surface area (Å²) in [6.45, 7) is 4.20. The van der Waals surface area contributed by atoms with Gasteiger partial charge in [-0.1, -0.05) is 12.1 Å². The number of hydrogen-bond donors (Lipinski definition) is 2. The smallest absolute Gasteiger partial charge is 0.305 e. The molecule has 0 radical (unpaired) electrons. The highest BCUT2D eigenvalue weighted by atomic mass is 35.5. The second-order valence-corrected chi connectivity index (χ2v) is 7.98. The summed E-state index contributed by atoms with van der Waals surface area (Å²) in [5, 5.41) is 7.45. The van der Waals surface area contributed by atoms with Crippen LogP contribution in [0.5, 0.6) is 0 Å². The molecule has 1 aromatic carbocycles. The van der Waals surface area contributed by atoms with Gasteiger partial charge in [-0.3, -0.25) is 19.8 Å². The van der Waals surface area contributed by atoms with E-state index in [-0.39, 0.29) is 49.1 Å². The number of piperidine rings is 1. The Kier molecular flexibility index (Phi) is 9.03. The van der Waals surface area contributed by atoms with Gasteiger partial charge in [0.15, 0.2) is 0 Å². The Morgan fingerprint density at radius 1 is 1.19 bits per heavy atom. The minimum absolute atomic E-state index is 0. The highest BCUT2D eigenvalue weighted by Gasteiger charge is 2.42. The molecule has 0 aliphatic carbocycles. The normalized spacial score (nSPS) is 17.6. The molecule has 2 saturated heterocycles. The van der Waals surface area contributed by atoms with Gasteiger partial charge in [0.1, 0.15) is 12.4 Å². The third-order valence-corrected chi connectivity index (χ3v) is 5.85. The highest BCUT2D eigenvalue weighted by Crippen LogP contribution is 2.31. The fraction of sp³-hybridized carbons (Fsp3) is 0.545. The molecule has 0 unspecified atom stereocenters. The Morgan fingerprint density at radius 2 is 1.81 bits per heavy atom. The fourth-order valence-electron chi connectivity index (χ4n) is 4.03. The average molecular weight is 467 g/mol. The van der Waals surface area contributed by atoms with Crippen LogP contribution in [0.15, 0.2) is 24.3 Å².